The van der Waals surface area contributed by atoms with Gasteiger partial charge in [0.1, 0.15) is 0 Å². The highest BCUT2D eigenvalue weighted by atomic mass is 19.4. The normalized spacial score (nSPS) is 43.6. The smallest absolute Gasteiger partial charge is 0.380 e. The summed E-state index contributed by atoms with van der Waals surface area (Å²) in [4.78, 5) is 0. The molecule has 3 aliphatic carbocycles. The Morgan fingerprint density at radius 3 is 1.67 bits per heavy atom. The summed E-state index contributed by atoms with van der Waals surface area (Å²) < 4.78 is 40.5. The van der Waals surface area contributed by atoms with Crippen molar-refractivity contribution in [3.8, 4) is 0 Å². The standard InChI is InChI=1S/C17H27F3O/c1-16(21,17(18,19)20)15-13-8-4-2-6-11(13)10-12-7-3-5-9-14(12)15/h11-15,21H,2-10H2,1H3. The first-order valence-corrected chi connectivity index (χ1v) is 8.61. The van der Waals surface area contributed by atoms with E-state index in [1.807, 2.05) is 0 Å². The molecule has 0 radical (unpaired) electrons. The average molecular weight is 304 g/mol. The molecule has 3 rings (SSSR count). The zero-order valence-electron chi connectivity index (χ0n) is 12.8. The summed E-state index contributed by atoms with van der Waals surface area (Å²) in [6, 6.07) is 0. The maximum absolute atomic E-state index is 13.5. The van der Waals surface area contributed by atoms with Gasteiger partial charge in [-0.25, -0.2) is 0 Å². The highest BCUT2D eigenvalue weighted by Gasteiger charge is 2.62. The molecule has 0 bridgehead atoms. The van der Waals surface area contributed by atoms with E-state index in [-0.39, 0.29) is 11.8 Å². The molecule has 0 amide bonds. The summed E-state index contributed by atoms with van der Waals surface area (Å²) in [7, 11) is 0. The van der Waals surface area contributed by atoms with Gasteiger partial charge in [0.05, 0.1) is 0 Å². The summed E-state index contributed by atoms with van der Waals surface area (Å²) in [6.07, 6.45) is 4.86. The van der Waals surface area contributed by atoms with E-state index in [0.717, 1.165) is 64.7 Å². The molecule has 21 heavy (non-hydrogen) atoms. The maximum atomic E-state index is 13.5. The molecule has 0 aromatic carbocycles. The largest absolute Gasteiger partial charge is 0.417 e. The van der Waals surface area contributed by atoms with Crippen LogP contribution in [0.2, 0.25) is 0 Å². The van der Waals surface area contributed by atoms with Crippen LogP contribution in [0.3, 0.4) is 0 Å². The van der Waals surface area contributed by atoms with Gasteiger partial charge in [0.2, 0.25) is 0 Å². The lowest BCUT2D eigenvalue weighted by Crippen LogP contribution is -2.59. The highest BCUT2D eigenvalue weighted by Crippen LogP contribution is 2.58. The fraction of sp³-hybridized carbons (Fsp3) is 1.00. The average Bonchev–Trinajstić information content (AvgIpc) is 2.43. The van der Waals surface area contributed by atoms with Gasteiger partial charge in [-0.15, -0.1) is 0 Å². The molecule has 0 aromatic heterocycles. The van der Waals surface area contributed by atoms with E-state index in [2.05, 4.69) is 0 Å². The SMILES string of the molecule is CC(O)(C1C2CCCCC2CC2CCCCC21)C(F)(F)F. The Morgan fingerprint density at radius 2 is 1.24 bits per heavy atom. The summed E-state index contributed by atoms with van der Waals surface area (Å²) in [5, 5.41) is 10.4. The molecular weight excluding hydrogens is 277 g/mol. The molecular formula is C17H27F3O. The van der Waals surface area contributed by atoms with Crippen molar-refractivity contribution < 1.29 is 18.3 Å². The first-order chi connectivity index (χ1) is 9.82. The van der Waals surface area contributed by atoms with Crippen LogP contribution in [0.1, 0.15) is 64.7 Å². The van der Waals surface area contributed by atoms with Crippen LogP contribution < -0.4 is 0 Å². The first-order valence-electron chi connectivity index (χ1n) is 8.61. The Balaban J connectivity index is 1.94. The highest BCUT2D eigenvalue weighted by molar-refractivity contribution is 5.03. The summed E-state index contributed by atoms with van der Waals surface area (Å²) in [6.45, 7) is 1.04. The summed E-state index contributed by atoms with van der Waals surface area (Å²) >= 11 is 0. The first kappa shape index (κ1) is 15.6. The van der Waals surface area contributed by atoms with E-state index >= 15 is 0 Å². The molecule has 3 saturated carbocycles. The number of fused-ring (bicyclic) bond motifs is 2. The Labute approximate surface area is 125 Å². The van der Waals surface area contributed by atoms with Gasteiger partial charge in [0.25, 0.3) is 0 Å². The molecule has 3 fully saturated rings. The molecule has 5 atom stereocenters. The van der Waals surface area contributed by atoms with E-state index < -0.39 is 17.7 Å². The van der Waals surface area contributed by atoms with Gasteiger partial charge >= 0.3 is 6.18 Å². The van der Waals surface area contributed by atoms with E-state index in [1.54, 1.807) is 0 Å². The van der Waals surface area contributed by atoms with Crippen molar-refractivity contribution in [2.24, 2.45) is 29.6 Å². The fourth-order valence-corrected chi connectivity index (χ4v) is 5.73. The van der Waals surface area contributed by atoms with Crippen LogP contribution in [-0.2, 0) is 0 Å². The quantitative estimate of drug-likeness (QED) is 0.728. The van der Waals surface area contributed by atoms with Crippen molar-refractivity contribution in [1.82, 2.24) is 0 Å². The van der Waals surface area contributed by atoms with E-state index in [0.29, 0.717) is 11.8 Å². The van der Waals surface area contributed by atoms with Crippen LogP contribution >= 0.6 is 0 Å². The van der Waals surface area contributed by atoms with Gasteiger partial charge in [0.15, 0.2) is 5.60 Å². The molecule has 0 aromatic rings. The molecule has 0 spiro atoms. The van der Waals surface area contributed by atoms with E-state index in [1.165, 1.54) is 0 Å². The van der Waals surface area contributed by atoms with Crippen molar-refractivity contribution in [2.45, 2.75) is 76.5 Å². The van der Waals surface area contributed by atoms with Crippen molar-refractivity contribution in [1.29, 1.82) is 0 Å². The molecule has 122 valence electrons. The number of hydrogen-bond acceptors (Lipinski definition) is 1. The van der Waals surface area contributed by atoms with Crippen LogP contribution in [0.5, 0.6) is 0 Å². The lowest BCUT2D eigenvalue weighted by atomic mass is 9.51. The number of halogens is 3. The molecule has 0 saturated heterocycles. The van der Waals surface area contributed by atoms with Gasteiger partial charge < -0.3 is 5.11 Å². The minimum Gasteiger partial charge on any atom is -0.380 e. The summed E-state index contributed by atoms with van der Waals surface area (Å²) in [5.74, 6) is 0.403. The second-order valence-corrected chi connectivity index (χ2v) is 7.82. The third-order valence-electron chi connectivity index (χ3n) is 6.69. The minimum absolute atomic E-state index is 0.0784. The third-order valence-corrected chi connectivity index (χ3v) is 6.69. The van der Waals surface area contributed by atoms with Gasteiger partial charge in [-0.2, -0.15) is 13.2 Å². The van der Waals surface area contributed by atoms with Gasteiger partial charge in [-0.3, -0.25) is 0 Å². The monoisotopic (exact) mass is 304 g/mol. The zero-order valence-corrected chi connectivity index (χ0v) is 12.8. The summed E-state index contributed by atoms with van der Waals surface area (Å²) in [5.41, 5.74) is -2.52. The van der Waals surface area contributed by atoms with E-state index in [9.17, 15) is 18.3 Å². The second-order valence-electron chi connectivity index (χ2n) is 7.82. The Bertz CT molecular complexity index is 355. The Hall–Kier alpha value is -0.250. The number of alkyl halides is 3. The van der Waals surface area contributed by atoms with Crippen molar-refractivity contribution in [2.75, 3.05) is 0 Å². The van der Waals surface area contributed by atoms with Crippen LogP contribution in [0.25, 0.3) is 0 Å². The van der Waals surface area contributed by atoms with Gasteiger partial charge in [0, 0.05) is 5.92 Å². The van der Waals surface area contributed by atoms with Crippen molar-refractivity contribution in [3.05, 3.63) is 0 Å². The van der Waals surface area contributed by atoms with Crippen LogP contribution in [0.4, 0.5) is 13.2 Å². The maximum Gasteiger partial charge on any atom is 0.417 e. The molecule has 0 aliphatic heterocycles. The Morgan fingerprint density at radius 1 is 0.810 bits per heavy atom. The van der Waals surface area contributed by atoms with Crippen LogP contribution in [0, 0.1) is 29.6 Å². The molecule has 3 aliphatic rings. The van der Waals surface area contributed by atoms with Crippen molar-refractivity contribution >= 4 is 0 Å². The number of hydrogen-bond donors (Lipinski definition) is 1. The van der Waals surface area contributed by atoms with Crippen LogP contribution in [-0.4, -0.2) is 16.9 Å². The third kappa shape index (κ3) is 2.62. The number of rotatable bonds is 1. The van der Waals surface area contributed by atoms with Gasteiger partial charge in [-0.05, 0) is 49.9 Å². The minimum atomic E-state index is -4.51. The van der Waals surface area contributed by atoms with Gasteiger partial charge in [-0.1, -0.05) is 38.5 Å². The molecule has 0 heterocycles. The lowest BCUT2D eigenvalue weighted by molar-refractivity contribution is -0.296. The lowest BCUT2D eigenvalue weighted by Gasteiger charge is -2.55. The van der Waals surface area contributed by atoms with E-state index in [4.69, 9.17) is 0 Å². The molecule has 1 N–H and O–H groups in total. The fourth-order valence-electron chi connectivity index (χ4n) is 5.73. The van der Waals surface area contributed by atoms with Crippen LogP contribution in [0.15, 0.2) is 0 Å². The predicted octanol–water partition coefficient (Wildman–Crippen LogP) is 4.93. The Kier molecular flexibility index (Phi) is 4.05. The molecule has 4 heteroatoms. The molecule has 1 nitrogen and oxygen atoms in total. The molecule has 5 unspecified atom stereocenters. The number of aliphatic hydroxyl groups is 1. The topological polar surface area (TPSA) is 20.2 Å². The van der Waals surface area contributed by atoms with Crippen molar-refractivity contribution in [3.63, 3.8) is 0 Å². The predicted molar refractivity (Wildman–Crippen MR) is 75.7 cm³/mol. The second kappa shape index (κ2) is 5.43. The zero-order chi connectivity index (χ0) is 15.3.